The Balaban J connectivity index is 2.06. The van der Waals surface area contributed by atoms with Gasteiger partial charge in [0.1, 0.15) is 0 Å². The van der Waals surface area contributed by atoms with E-state index in [1.165, 1.54) is 4.46 Å². The molecule has 17 heavy (non-hydrogen) atoms. The predicted molar refractivity (Wildman–Crippen MR) is 73.9 cm³/mol. The summed E-state index contributed by atoms with van der Waals surface area (Å²) in [5.74, 6) is 0.924. The first-order chi connectivity index (χ1) is 8.40. The third-order valence-corrected chi connectivity index (χ3v) is 4.05. The van der Waals surface area contributed by atoms with Crippen molar-refractivity contribution < 1.29 is 4.74 Å². The molecule has 0 amide bonds. The summed E-state index contributed by atoms with van der Waals surface area (Å²) in [4.78, 5) is 2.22. The maximum absolute atomic E-state index is 5.30. The molecule has 86 valence electrons. The van der Waals surface area contributed by atoms with Crippen molar-refractivity contribution in [1.29, 1.82) is 0 Å². The van der Waals surface area contributed by atoms with Crippen LogP contribution in [0.3, 0.4) is 0 Å². The van der Waals surface area contributed by atoms with Crippen LogP contribution in [0.15, 0.2) is 59.6 Å². The van der Waals surface area contributed by atoms with Crippen LogP contribution in [0.25, 0.3) is 6.08 Å². The second kappa shape index (κ2) is 6.29. The fourth-order valence-electron chi connectivity index (χ4n) is 1.49. The third-order valence-electron chi connectivity index (χ3n) is 2.33. The van der Waals surface area contributed by atoms with Crippen LogP contribution >= 0.6 is 0 Å². The molecule has 0 fully saturated rings. The first-order valence-electron chi connectivity index (χ1n) is 5.41. The molecule has 2 rings (SSSR count). The summed E-state index contributed by atoms with van der Waals surface area (Å²) in [5, 5.41) is 0. The predicted octanol–water partition coefficient (Wildman–Crippen LogP) is 2.70. The summed E-state index contributed by atoms with van der Waals surface area (Å²) in [6, 6.07) is 18.6. The van der Waals surface area contributed by atoms with Crippen LogP contribution in [0.1, 0.15) is 5.56 Å². The zero-order valence-electron chi connectivity index (χ0n) is 9.67. The zero-order valence-corrected chi connectivity index (χ0v) is 11.4. The topological polar surface area (TPSA) is 9.23 Å². The molecule has 0 atom stereocenters. The monoisotopic (exact) mass is 290 g/mol. The van der Waals surface area contributed by atoms with Gasteiger partial charge in [-0.1, -0.05) is 0 Å². The van der Waals surface area contributed by atoms with E-state index in [9.17, 15) is 0 Å². The Morgan fingerprint density at radius 3 is 2.41 bits per heavy atom. The van der Waals surface area contributed by atoms with Gasteiger partial charge in [0.05, 0.1) is 0 Å². The van der Waals surface area contributed by atoms with Gasteiger partial charge in [-0.2, -0.15) is 0 Å². The molecular weight excluding hydrogens is 275 g/mol. The van der Waals surface area contributed by atoms with Crippen molar-refractivity contribution in [3.63, 3.8) is 0 Å². The molecule has 0 aliphatic rings. The number of para-hydroxylation sites is 1. The molecule has 2 aromatic rings. The molecule has 0 aliphatic carbocycles. The molecule has 0 heterocycles. The summed E-state index contributed by atoms with van der Waals surface area (Å²) in [6.45, 7) is 0. The minimum atomic E-state index is 0.377. The first-order valence-corrected chi connectivity index (χ1v) is 7.26. The number of benzene rings is 2. The van der Waals surface area contributed by atoms with Gasteiger partial charge in [0, 0.05) is 0 Å². The van der Waals surface area contributed by atoms with Gasteiger partial charge in [0.2, 0.25) is 0 Å². The minimum absolute atomic E-state index is 0.377. The Morgan fingerprint density at radius 1 is 0.941 bits per heavy atom. The summed E-state index contributed by atoms with van der Waals surface area (Å²) in [5.41, 5.74) is 1.13. The van der Waals surface area contributed by atoms with Crippen molar-refractivity contribution in [2.75, 3.05) is 7.11 Å². The molecule has 0 spiro atoms. The van der Waals surface area contributed by atoms with Crippen molar-refractivity contribution in [1.82, 2.24) is 0 Å². The van der Waals surface area contributed by atoms with Gasteiger partial charge in [-0.15, -0.1) is 0 Å². The third kappa shape index (κ3) is 3.48. The molecule has 0 saturated heterocycles. The second-order valence-electron chi connectivity index (χ2n) is 3.48. The van der Waals surface area contributed by atoms with E-state index in [0.29, 0.717) is 15.0 Å². The molecule has 2 aromatic carbocycles. The van der Waals surface area contributed by atoms with E-state index in [1.807, 2.05) is 24.3 Å². The summed E-state index contributed by atoms with van der Waals surface area (Å²) < 4.78 is 6.68. The maximum atomic E-state index is 5.30. The van der Waals surface area contributed by atoms with E-state index in [4.69, 9.17) is 4.74 Å². The van der Waals surface area contributed by atoms with Crippen LogP contribution in [0.5, 0.6) is 5.75 Å². The van der Waals surface area contributed by atoms with Crippen molar-refractivity contribution in [2.45, 2.75) is 0 Å². The molecular formula is C15H14OSe. The Kier molecular flexibility index (Phi) is 4.43. The van der Waals surface area contributed by atoms with Crippen LogP contribution < -0.4 is 9.20 Å². The molecule has 0 N–H and O–H groups in total. The number of hydrogen-bond acceptors (Lipinski definition) is 1. The zero-order chi connectivity index (χ0) is 11.9. The number of hydrogen-bond donors (Lipinski definition) is 0. The van der Waals surface area contributed by atoms with E-state index in [0.717, 1.165) is 11.3 Å². The average molecular weight is 289 g/mol. The van der Waals surface area contributed by atoms with Crippen LogP contribution in [0.2, 0.25) is 0 Å². The molecule has 0 aromatic heterocycles. The van der Waals surface area contributed by atoms with Gasteiger partial charge in [0.15, 0.2) is 0 Å². The van der Waals surface area contributed by atoms with Crippen LogP contribution in [-0.2, 0) is 0 Å². The van der Waals surface area contributed by atoms with Crippen molar-refractivity contribution in [2.24, 2.45) is 0 Å². The molecule has 0 unspecified atom stereocenters. The molecule has 0 radical (unpaired) electrons. The second-order valence-corrected chi connectivity index (χ2v) is 5.53. The normalized spacial score (nSPS) is 10.6. The van der Waals surface area contributed by atoms with Crippen molar-refractivity contribution in [3.8, 4) is 5.75 Å². The molecule has 0 saturated carbocycles. The summed E-state index contributed by atoms with van der Waals surface area (Å²) in [6.07, 6.45) is 2.13. The van der Waals surface area contributed by atoms with E-state index in [1.54, 1.807) is 7.11 Å². The number of ether oxygens (including phenoxy) is 1. The number of methoxy groups -OCH3 is 1. The fraction of sp³-hybridized carbons (Fsp3) is 0.0667. The van der Waals surface area contributed by atoms with E-state index in [2.05, 4.69) is 41.4 Å². The van der Waals surface area contributed by atoms with E-state index in [-0.39, 0.29) is 0 Å². The van der Waals surface area contributed by atoms with Gasteiger partial charge >= 0.3 is 108 Å². The van der Waals surface area contributed by atoms with Gasteiger partial charge in [0.25, 0.3) is 0 Å². The van der Waals surface area contributed by atoms with Crippen LogP contribution in [0, 0.1) is 0 Å². The van der Waals surface area contributed by atoms with Gasteiger partial charge in [-0.05, 0) is 0 Å². The van der Waals surface area contributed by atoms with Crippen LogP contribution in [-0.4, -0.2) is 22.1 Å². The standard InChI is InChI=1S/C15H14OSe/c1-16-15-10-6-5-7-13(15)11-12-17-14-8-3-2-4-9-14/h2-12H,1H3/b12-11-. The van der Waals surface area contributed by atoms with Gasteiger partial charge in [-0.3, -0.25) is 0 Å². The molecule has 0 bridgehead atoms. The summed E-state index contributed by atoms with van der Waals surface area (Å²) in [7, 11) is 1.70. The fourth-order valence-corrected chi connectivity index (χ4v) is 2.93. The molecule has 2 heteroatoms. The van der Waals surface area contributed by atoms with Gasteiger partial charge in [-0.25, -0.2) is 0 Å². The quantitative estimate of drug-likeness (QED) is 0.786. The molecule has 0 aliphatic heterocycles. The van der Waals surface area contributed by atoms with E-state index < -0.39 is 0 Å². The average Bonchev–Trinajstić information content (AvgIpc) is 2.40. The Morgan fingerprint density at radius 2 is 1.65 bits per heavy atom. The van der Waals surface area contributed by atoms with Crippen molar-refractivity contribution in [3.05, 3.63) is 65.1 Å². The summed E-state index contributed by atoms with van der Waals surface area (Å²) >= 11 is 0.377. The van der Waals surface area contributed by atoms with Crippen molar-refractivity contribution >= 4 is 25.5 Å². The number of rotatable bonds is 4. The Labute approximate surface area is 108 Å². The molecule has 1 nitrogen and oxygen atoms in total. The van der Waals surface area contributed by atoms with Crippen LogP contribution in [0.4, 0.5) is 0 Å². The Bertz CT molecular complexity index is 491. The first kappa shape index (κ1) is 12.0. The Hall–Kier alpha value is -1.50. The van der Waals surface area contributed by atoms with E-state index >= 15 is 0 Å². The van der Waals surface area contributed by atoms with Gasteiger partial charge < -0.3 is 0 Å². The SMILES string of the molecule is COc1ccccc1/C=C\[Se]c1ccccc1.